The third-order valence-electron chi connectivity index (χ3n) is 5.21. The van der Waals surface area contributed by atoms with E-state index in [9.17, 15) is 18.6 Å². The number of allylic oxidation sites excluding steroid dienone is 2. The van der Waals surface area contributed by atoms with Crippen molar-refractivity contribution >= 4 is 21.0 Å². The molecule has 0 aromatic heterocycles. The molecule has 2 N–H and O–H groups in total. The van der Waals surface area contributed by atoms with Crippen LogP contribution in [0, 0.1) is 5.41 Å². The van der Waals surface area contributed by atoms with Gasteiger partial charge in [0.15, 0.2) is 9.84 Å². The van der Waals surface area contributed by atoms with Crippen LogP contribution in [0.5, 0.6) is 5.75 Å². The Morgan fingerprint density at radius 3 is 1.70 bits per heavy atom. The van der Waals surface area contributed by atoms with Crippen molar-refractivity contribution in [2.24, 2.45) is 5.41 Å². The summed E-state index contributed by atoms with van der Waals surface area (Å²) in [5, 5.41) is 19.8. The minimum absolute atomic E-state index is 0.117. The van der Waals surface area contributed by atoms with E-state index in [1.807, 2.05) is 24.3 Å². The first kappa shape index (κ1) is 19.6. The zero-order valence-corrected chi connectivity index (χ0v) is 16.3. The maximum atomic E-state index is 11.7. The standard InChI is InChI=1S/C21H24O5S/c1-26-17-7-3-15(4-8-17)19-11-21(13-22,14-23)12-20(19)16-5-9-18(10-6-16)27(2,24)25/h3-10,22-23H,11-14H2,1-2H3. The predicted octanol–water partition coefficient (Wildman–Crippen LogP) is 2.77. The number of rotatable bonds is 6. The first-order valence-corrected chi connectivity index (χ1v) is 10.6. The third-order valence-corrected chi connectivity index (χ3v) is 6.34. The van der Waals surface area contributed by atoms with Crippen LogP contribution in [0.2, 0.25) is 0 Å². The lowest BCUT2D eigenvalue weighted by atomic mass is 9.84. The number of ether oxygens (including phenoxy) is 1. The molecule has 1 aliphatic carbocycles. The lowest BCUT2D eigenvalue weighted by molar-refractivity contribution is 0.0677. The molecule has 3 rings (SSSR count). The van der Waals surface area contributed by atoms with Crippen LogP contribution in [0.3, 0.4) is 0 Å². The van der Waals surface area contributed by atoms with E-state index < -0.39 is 15.3 Å². The van der Waals surface area contributed by atoms with Crippen LogP contribution in [-0.2, 0) is 9.84 Å². The van der Waals surface area contributed by atoms with Gasteiger partial charge in [0.25, 0.3) is 0 Å². The van der Waals surface area contributed by atoms with Gasteiger partial charge >= 0.3 is 0 Å². The van der Waals surface area contributed by atoms with Crippen LogP contribution in [0.25, 0.3) is 11.1 Å². The number of sulfone groups is 1. The summed E-state index contributed by atoms with van der Waals surface area (Å²) in [6, 6.07) is 14.5. The van der Waals surface area contributed by atoms with Gasteiger partial charge in [-0.3, -0.25) is 0 Å². The molecule has 2 aromatic carbocycles. The van der Waals surface area contributed by atoms with E-state index in [0.717, 1.165) is 28.0 Å². The average Bonchev–Trinajstić information content (AvgIpc) is 3.08. The quantitative estimate of drug-likeness (QED) is 0.795. The summed E-state index contributed by atoms with van der Waals surface area (Å²) >= 11 is 0. The van der Waals surface area contributed by atoms with Crippen molar-refractivity contribution in [3.8, 4) is 5.75 Å². The number of hydrogen-bond acceptors (Lipinski definition) is 5. The molecule has 0 heterocycles. The van der Waals surface area contributed by atoms with Crippen LogP contribution in [0.15, 0.2) is 53.4 Å². The van der Waals surface area contributed by atoms with Crippen LogP contribution in [0.4, 0.5) is 0 Å². The highest BCUT2D eigenvalue weighted by Crippen LogP contribution is 2.49. The first-order chi connectivity index (χ1) is 12.8. The van der Waals surface area contributed by atoms with Crippen molar-refractivity contribution < 1.29 is 23.4 Å². The molecule has 0 spiro atoms. The van der Waals surface area contributed by atoms with Crippen LogP contribution in [-0.4, -0.2) is 45.2 Å². The van der Waals surface area contributed by atoms with Gasteiger partial charge < -0.3 is 14.9 Å². The monoisotopic (exact) mass is 388 g/mol. The van der Waals surface area contributed by atoms with E-state index in [1.54, 1.807) is 31.4 Å². The van der Waals surface area contributed by atoms with E-state index in [-0.39, 0.29) is 18.1 Å². The Hall–Kier alpha value is -2.15. The second-order valence-electron chi connectivity index (χ2n) is 7.15. The Kier molecular flexibility index (Phi) is 5.42. The number of aliphatic hydroxyl groups is 2. The normalized spacial score (nSPS) is 16.6. The van der Waals surface area contributed by atoms with Gasteiger partial charge in [-0.25, -0.2) is 8.42 Å². The summed E-state index contributed by atoms with van der Waals surface area (Å²) < 4.78 is 28.7. The molecular weight excluding hydrogens is 364 g/mol. The fraction of sp³-hybridized carbons (Fsp3) is 0.333. The third kappa shape index (κ3) is 3.93. The summed E-state index contributed by atoms with van der Waals surface area (Å²) in [7, 11) is -1.65. The predicted molar refractivity (Wildman–Crippen MR) is 105 cm³/mol. The highest BCUT2D eigenvalue weighted by atomic mass is 32.2. The molecule has 2 aromatic rings. The summed E-state index contributed by atoms with van der Waals surface area (Å²) in [5.41, 5.74) is 3.36. The molecule has 0 unspecified atom stereocenters. The summed E-state index contributed by atoms with van der Waals surface area (Å²) in [5.74, 6) is 0.756. The van der Waals surface area contributed by atoms with Gasteiger partial charge in [0.1, 0.15) is 5.75 Å². The van der Waals surface area contributed by atoms with E-state index in [1.165, 1.54) is 6.26 Å². The molecule has 0 radical (unpaired) electrons. The highest BCUT2D eigenvalue weighted by Gasteiger charge is 2.38. The lowest BCUT2D eigenvalue weighted by Crippen LogP contribution is -2.27. The highest BCUT2D eigenvalue weighted by molar-refractivity contribution is 7.90. The van der Waals surface area contributed by atoms with Gasteiger partial charge in [-0.1, -0.05) is 24.3 Å². The van der Waals surface area contributed by atoms with Gasteiger partial charge in [0.05, 0.1) is 25.2 Å². The smallest absolute Gasteiger partial charge is 0.175 e. The lowest BCUT2D eigenvalue weighted by Gasteiger charge is -2.24. The Labute approximate surface area is 159 Å². The van der Waals surface area contributed by atoms with E-state index in [4.69, 9.17) is 4.74 Å². The Morgan fingerprint density at radius 1 is 0.889 bits per heavy atom. The first-order valence-electron chi connectivity index (χ1n) is 8.70. The summed E-state index contributed by atoms with van der Waals surface area (Å²) in [4.78, 5) is 0.270. The Balaban J connectivity index is 2.07. The zero-order chi connectivity index (χ0) is 19.7. The maximum absolute atomic E-state index is 11.7. The SMILES string of the molecule is COc1ccc(C2=C(c3ccc(S(C)(=O)=O)cc3)CC(CO)(CO)C2)cc1. The second-order valence-corrected chi connectivity index (χ2v) is 9.17. The van der Waals surface area contributed by atoms with Crippen molar-refractivity contribution in [1.82, 2.24) is 0 Å². The van der Waals surface area contributed by atoms with Crippen LogP contribution < -0.4 is 4.74 Å². The van der Waals surface area contributed by atoms with Gasteiger partial charge in [0.2, 0.25) is 0 Å². The molecular formula is C21H24O5S. The number of hydrogen-bond donors (Lipinski definition) is 2. The van der Waals surface area contributed by atoms with Crippen molar-refractivity contribution in [3.05, 3.63) is 59.7 Å². The minimum Gasteiger partial charge on any atom is -0.497 e. The zero-order valence-electron chi connectivity index (χ0n) is 15.5. The molecule has 0 fully saturated rings. The average molecular weight is 388 g/mol. The Morgan fingerprint density at radius 2 is 1.33 bits per heavy atom. The molecule has 0 bridgehead atoms. The molecule has 0 amide bonds. The van der Waals surface area contributed by atoms with Crippen molar-refractivity contribution in [2.45, 2.75) is 17.7 Å². The van der Waals surface area contributed by atoms with Gasteiger partial charge in [-0.2, -0.15) is 0 Å². The van der Waals surface area contributed by atoms with Crippen LogP contribution >= 0.6 is 0 Å². The minimum atomic E-state index is -3.26. The molecule has 1 aliphatic rings. The number of aliphatic hydroxyl groups excluding tert-OH is 2. The molecule has 0 aliphatic heterocycles. The van der Waals surface area contributed by atoms with E-state index in [0.29, 0.717) is 12.8 Å². The number of methoxy groups -OCH3 is 1. The topological polar surface area (TPSA) is 83.8 Å². The molecule has 6 heteroatoms. The second kappa shape index (κ2) is 7.46. The molecule has 0 saturated heterocycles. The van der Waals surface area contributed by atoms with Crippen molar-refractivity contribution in [2.75, 3.05) is 26.6 Å². The molecule has 0 saturated carbocycles. The summed E-state index contributed by atoms with van der Waals surface area (Å²) in [6.45, 7) is -0.234. The van der Waals surface area contributed by atoms with Gasteiger partial charge in [0, 0.05) is 11.7 Å². The van der Waals surface area contributed by atoms with Gasteiger partial charge in [-0.15, -0.1) is 0 Å². The summed E-state index contributed by atoms with van der Waals surface area (Å²) in [6.07, 6.45) is 2.26. The van der Waals surface area contributed by atoms with Crippen LogP contribution in [0.1, 0.15) is 24.0 Å². The fourth-order valence-electron chi connectivity index (χ4n) is 3.55. The number of benzene rings is 2. The van der Waals surface area contributed by atoms with E-state index in [2.05, 4.69) is 0 Å². The molecule has 144 valence electrons. The van der Waals surface area contributed by atoms with E-state index >= 15 is 0 Å². The fourth-order valence-corrected chi connectivity index (χ4v) is 4.18. The Bertz CT molecular complexity index is 937. The maximum Gasteiger partial charge on any atom is 0.175 e. The molecule has 0 atom stereocenters. The van der Waals surface area contributed by atoms with Gasteiger partial charge in [-0.05, 0) is 59.4 Å². The molecule has 5 nitrogen and oxygen atoms in total. The largest absolute Gasteiger partial charge is 0.497 e. The van der Waals surface area contributed by atoms with Crippen molar-refractivity contribution in [1.29, 1.82) is 0 Å². The van der Waals surface area contributed by atoms with Crippen molar-refractivity contribution in [3.63, 3.8) is 0 Å². The molecule has 27 heavy (non-hydrogen) atoms.